The maximum absolute atomic E-state index is 14.3. The maximum atomic E-state index is 14.3. The van der Waals surface area contributed by atoms with E-state index in [4.69, 9.17) is 0 Å². The molecule has 4 aliphatic heterocycles. The van der Waals surface area contributed by atoms with Gasteiger partial charge in [0.1, 0.15) is 24.2 Å². The van der Waals surface area contributed by atoms with Gasteiger partial charge in [0, 0.05) is 43.5 Å². The van der Waals surface area contributed by atoms with Crippen LogP contribution >= 0.6 is 11.8 Å². The molecule has 10 heteroatoms. The first kappa shape index (κ1) is 20.8. The molecule has 6 rings (SSSR count). The number of fused-ring (bicyclic) bond motifs is 1. The number of para-hydroxylation sites is 1. The van der Waals surface area contributed by atoms with Crippen molar-refractivity contribution < 1.29 is 13.8 Å². The molecule has 8 nitrogen and oxygen atoms in total. The number of quaternary nitrogens is 1. The van der Waals surface area contributed by atoms with Crippen LogP contribution in [0.2, 0.25) is 0 Å². The predicted molar refractivity (Wildman–Crippen MR) is 122 cm³/mol. The fourth-order valence-corrected chi connectivity index (χ4v) is 6.22. The van der Waals surface area contributed by atoms with E-state index in [9.17, 15) is 9.18 Å². The number of hydrogen-bond donors (Lipinski definition) is 0. The minimum absolute atomic E-state index is 0.145. The lowest BCUT2D eigenvalue weighted by Gasteiger charge is -2.42. The molecular formula is C23H25FN7OS+. The zero-order valence-corrected chi connectivity index (χ0v) is 19.0. The summed E-state index contributed by atoms with van der Waals surface area (Å²) < 4.78 is 16.5. The van der Waals surface area contributed by atoms with E-state index in [0.29, 0.717) is 22.6 Å². The summed E-state index contributed by atoms with van der Waals surface area (Å²) in [5.74, 6) is 2.48. The molecule has 2 aromatic rings. The van der Waals surface area contributed by atoms with Gasteiger partial charge in [-0.25, -0.2) is 4.39 Å². The molecule has 2 saturated heterocycles. The largest absolute Gasteiger partial charge is 0.329 e. The SMILES string of the molecule is O=C(C1=CC2=CC=C[N@@+]2(N2CCC(c3nnnn3-c3ccccc3F)CC2)C1)N1CCSC1. The summed E-state index contributed by atoms with van der Waals surface area (Å²) in [4.78, 5) is 15.0. The lowest BCUT2D eigenvalue weighted by molar-refractivity contribution is -0.949. The molecule has 33 heavy (non-hydrogen) atoms. The normalized spacial score (nSPS) is 25.4. The number of thioether (sulfide) groups is 1. The van der Waals surface area contributed by atoms with Crippen molar-refractivity contribution in [3.05, 3.63) is 71.6 Å². The number of allylic oxidation sites excluding steroid dienone is 3. The number of carbonyl (C=O) groups excluding carboxylic acids is 1. The van der Waals surface area contributed by atoms with E-state index < -0.39 is 0 Å². The van der Waals surface area contributed by atoms with Gasteiger partial charge in [-0.2, -0.15) is 9.27 Å². The molecular weight excluding hydrogens is 441 g/mol. The van der Waals surface area contributed by atoms with Gasteiger partial charge >= 0.3 is 0 Å². The van der Waals surface area contributed by atoms with E-state index in [0.717, 1.165) is 55.4 Å². The molecule has 5 heterocycles. The second-order valence-electron chi connectivity index (χ2n) is 8.82. The van der Waals surface area contributed by atoms with Gasteiger partial charge in [-0.1, -0.05) is 12.1 Å². The van der Waals surface area contributed by atoms with Gasteiger partial charge in [0.25, 0.3) is 5.91 Å². The number of nitrogens with zero attached hydrogens (tertiary/aromatic N) is 7. The van der Waals surface area contributed by atoms with Gasteiger partial charge in [-0.05, 0) is 41.5 Å². The van der Waals surface area contributed by atoms with Gasteiger partial charge in [0.05, 0.1) is 11.4 Å². The lowest BCUT2D eigenvalue weighted by atomic mass is 9.96. The first-order valence-electron chi connectivity index (χ1n) is 11.3. The third kappa shape index (κ3) is 3.44. The van der Waals surface area contributed by atoms with Crippen LogP contribution < -0.4 is 0 Å². The fraction of sp³-hybridized carbons (Fsp3) is 0.391. The van der Waals surface area contributed by atoms with E-state index in [1.807, 2.05) is 16.7 Å². The van der Waals surface area contributed by atoms with E-state index in [1.165, 1.54) is 10.7 Å². The summed E-state index contributed by atoms with van der Waals surface area (Å²) in [5.41, 5.74) is 2.42. The zero-order valence-electron chi connectivity index (χ0n) is 18.2. The third-order valence-corrected chi connectivity index (χ3v) is 7.98. The van der Waals surface area contributed by atoms with E-state index >= 15 is 0 Å². The highest BCUT2D eigenvalue weighted by atomic mass is 32.2. The van der Waals surface area contributed by atoms with E-state index in [1.54, 1.807) is 18.2 Å². The number of amides is 1. The van der Waals surface area contributed by atoms with Crippen LogP contribution in [0.4, 0.5) is 4.39 Å². The minimum Gasteiger partial charge on any atom is -0.329 e. The Morgan fingerprint density at radius 1 is 1.18 bits per heavy atom. The average molecular weight is 467 g/mol. The minimum atomic E-state index is -0.337. The van der Waals surface area contributed by atoms with Crippen molar-refractivity contribution in [2.75, 3.05) is 37.8 Å². The number of piperidine rings is 1. The monoisotopic (exact) mass is 466 g/mol. The van der Waals surface area contributed by atoms with Crippen LogP contribution in [0, 0.1) is 5.82 Å². The Morgan fingerprint density at radius 2 is 2.03 bits per heavy atom. The number of tetrazole rings is 1. The molecule has 0 spiro atoms. The average Bonchev–Trinajstić information content (AvgIpc) is 3.63. The highest BCUT2D eigenvalue weighted by Gasteiger charge is 2.48. The molecule has 1 atom stereocenters. The van der Waals surface area contributed by atoms with Gasteiger partial charge < -0.3 is 4.90 Å². The number of benzene rings is 1. The number of rotatable bonds is 4. The summed E-state index contributed by atoms with van der Waals surface area (Å²) in [6.45, 7) is 3.18. The summed E-state index contributed by atoms with van der Waals surface area (Å²) in [6, 6.07) is 6.57. The van der Waals surface area contributed by atoms with Crippen LogP contribution in [0.25, 0.3) is 5.69 Å². The van der Waals surface area contributed by atoms with Crippen LogP contribution in [0.5, 0.6) is 0 Å². The Hall–Kier alpha value is -2.82. The molecule has 1 aromatic carbocycles. The van der Waals surface area contributed by atoms with Crippen molar-refractivity contribution in [1.29, 1.82) is 0 Å². The fourth-order valence-electron chi connectivity index (χ4n) is 5.28. The van der Waals surface area contributed by atoms with Crippen LogP contribution in [-0.4, -0.2) is 78.4 Å². The molecule has 0 bridgehead atoms. The van der Waals surface area contributed by atoms with Gasteiger partial charge in [-0.15, -0.1) is 21.9 Å². The van der Waals surface area contributed by atoms with Crippen molar-refractivity contribution in [3.63, 3.8) is 0 Å². The van der Waals surface area contributed by atoms with E-state index in [2.05, 4.69) is 45.0 Å². The first-order valence-corrected chi connectivity index (χ1v) is 12.5. The highest BCUT2D eigenvalue weighted by molar-refractivity contribution is 7.99. The number of aromatic nitrogens is 4. The molecule has 0 saturated carbocycles. The van der Waals surface area contributed by atoms with Crippen molar-refractivity contribution in [2.45, 2.75) is 18.8 Å². The molecule has 1 amide bonds. The molecule has 1 aromatic heterocycles. The highest BCUT2D eigenvalue weighted by Crippen LogP contribution is 2.40. The predicted octanol–water partition coefficient (Wildman–Crippen LogP) is 2.60. The summed E-state index contributed by atoms with van der Waals surface area (Å²) in [7, 11) is 0. The lowest BCUT2D eigenvalue weighted by Crippen LogP contribution is -2.56. The molecule has 0 N–H and O–H groups in total. The summed E-state index contributed by atoms with van der Waals surface area (Å²) >= 11 is 1.81. The standard InChI is InChI=1S/C23H25FN7OS/c24-20-5-1-2-6-21(20)30-22(25-26-27-30)17-7-9-29(10-8-17)31-12-3-4-19(31)14-18(15-31)23(32)28-11-13-33-16-28/h1-6,12,14,17H,7-11,13,15-16H2/q+1/t31-/m1/s1. The van der Waals surface area contributed by atoms with Crippen LogP contribution in [0.15, 0.2) is 60.0 Å². The van der Waals surface area contributed by atoms with Crippen molar-refractivity contribution in [3.8, 4) is 5.69 Å². The Labute approximate surface area is 195 Å². The number of halogens is 1. The van der Waals surface area contributed by atoms with Crippen LogP contribution in [0.3, 0.4) is 0 Å². The van der Waals surface area contributed by atoms with Crippen molar-refractivity contribution >= 4 is 17.7 Å². The first-order chi connectivity index (χ1) is 16.2. The zero-order chi connectivity index (χ0) is 22.4. The second-order valence-corrected chi connectivity index (χ2v) is 9.90. The van der Waals surface area contributed by atoms with E-state index in [-0.39, 0.29) is 17.6 Å². The molecule has 0 radical (unpaired) electrons. The maximum Gasteiger partial charge on any atom is 0.256 e. The Balaban J connectivity index is 1.18. The topological polar surface area (TPSA) is 67.2 Å². The second kappa shape index (κ2) is 8.19. The van der Waals surface area contributed by atoms with Crippen molar-refractivity contribution in [2.24, 2.45) is 0 Å². The van der Waals surface area contributed by atoms with Crippen LogP contribution in [0.1, 0.15) is 24.6 Å². The summed E-state index contributed by atoms with van der Waals surface area (Å²) in [6.07, 6.45) is 10.2. The number of hydrogen-bond acceptors (Lipinski definition) is 6. The smallest absolute Gasteiger partial charge is 0.256 e. The van der Waals surface area contributed by atoms with Crippen molar-refractivity contribution in [1.82, 2.24) is 30.1 Å². The molecule has 170 valence electrons. The molecule has 2 fully saturated rings. The van der Waals surface area contributed by atoms with Gasteiger partial charge in [0.2, 0.25) is 0 Å². The third-order valence-electron chi connectivity index (χ3n) is 7.01. The molecule has 4 aliphatic rings. The van der Waals surface area contributed by atoms with Gasteiger partial charge in [0.15, 0.2) is 11.5 Å². The Bertz CT molecular complexity index is 1180. The molecule has 0 aliphatic carbocycles. The Morgan fingerprint density at radius 3 is 2.82 bits per heavy atom. The molecule has 0 unspecified atom stereocenters. The van der Waals surface area contributed by atoms with Gasteiger partial charge in [-0.3, -0.25) is 4.79 Å². The van der Waals surface area contributed by atoms with Crippen LogP contribution in [-0.2, 0) is 4.79 Å². The summed E-state index contributed by atoms with van der Waals surface area (Å²) in [5, 5.41) is 14.6. The quantitative estimate of drug-likeness (QED) is 0.646. The Kier molecular flexibility index (Phi) is 5.16. The number of carbonyl (C=O) groups is 1.